The molecule has 1 aliphatic rings. The quantitative estimate of drug-likeness (QED) is 0.0534. The summed E-state index contributed by atoms with van der Waals surface area (Å²) in [4.78, 5) is 96.1. The maximum absolute atomic E-state index is 13.3. The normalized spacial score (nSPS) is 16.5. The van der Waals surface area contributed by atoms with E-state index in [0.29, 0.717) is 35.5 Å². The van der Waals surface area contributed by atoms with Crippen LogP contribution in [0.4, 0.5) is 5.69 Å². The van der Waals surface area contributed by atoms with Crippen LogP contribution in [0.3, 0.4) is 0 Å². The van der Waals surface area contributed by atoms with Crippen LogP contribution in [0.15, 0.2) is 41.0 Å². The molecule has 0 aliphatic carbocycles. The number of nitrogens with zero attached hydrogens (tertiary/aromatic N) is 4. The largest absolute Gasteiger partial charge is 0.380 e. The minimum atomic E-state index is -0.855. The molecular weight excluding hydrogens is 1010 g/mol. The predicted molar refractivity (Wildman–Crippen MR) is 301 cm³/mol. The summed E-state index contributed by atoms with van der Waals surface area (Å²) in [7, 11) is 10.4. The van der Waals surface area contributed by atoms with E-state index < -0.39 is 23.8 Å². The number of likely N-dealkylation sites (N-methyl/N-ethyl adjacent to an activating group) is 3. The number of benzene rings is 1. The highest BCUT2D eigenvalue weighted by Crippen LogP contribution is 2.25. The molecule has 1 aromatic rings. The monoisotopic (exact) mass is 1110 g/mol. The fraction of sp³-hybridized carbons (Fsp3) is 0.709. The number of ketones is 1. The number of Topliss-reactive ketones (excluding diaryl/α,β-unsaturated/α-hetero) is 1. The molecule has 0 radical (unpaired) electrons. The maximum Gasteiger partial charge on any atom is 0.254 e. The van der Waals surface area contributed by atoms with Gasteiger partial charge in [-0.25, -0.2) is 0 Å². The van der Waals surface area contributed by atoms with E-state index in [1.807, 2.05) is 60.1 Å². The Hall–Kier alpha value is -4.72. The third-order valence-electron chi connectivity index (χ3n) is 13.3. The van der Waals surface area contributed by atoms with E-state index in [4.69, 9.17) is 9.47 Å². The summed E-state index contributed by atoms with van der Waals surface area (Å²) in [6.45, 7) is 22.0. The van der Waals surface area contributed by atoms with Gasteiger partial charge in [0.05, 0.1) is 48.9 Å². The lowest BCUT2D eigenvalue weighted by molar-refractivity contribution is -0.139. The number of hydrogen-bond acceptors (Lipinski definition) is 12. The summed E-state index contributed by atoms with van der Waals surface area (Å²) in [6, 6.07) is 6.01. The number of halogens is 1. The average molecular weight is 1110 g/mol. The van der Waals surface area contributed by atoms with Crippen molar-refractivity contribution in [1.82, 2.24) is 36.0 Å². The van der Waals surface area contributed by atoms with Crippen molar-refractivity contribution in [2.24, 2.45) is 28.7 Å². The van der Waals surface area contributed by atoms with Gasteiger partial charge in [0.15, 0.2) is 0 Å². The van der Waals surface area contributed by atoms with Crippen LogP contribution in [0.1, 0.15) is 127 Å². The number of carbonyl (C=O) groups excluding carboxylic acids is 7. The van der Waals surface area contributed by atoms with Gasteiger partial charge in [-0.1, -0.05) is 116 Å². The Morgan fingerprint density at radius 2 is 1.47 bits per heavy atom. The Bertz CT molecular complexity index is 1930. The third kappa shape index (κ3) is 26.2. The smallest absolute Gasteiger partial charge is 0.254 e. The molecular formula is C55H96BrN9O9. The zero-order valence-electron chi connectivity index (χ0n) is 48.1. The van der Waals surface area contributed by atoms with E-state index in [1.165, 1.54) is 39.3 Å². The summed E-state index contributed by atoms with van der Waals surface area (Å²) in [5.41, 5.74) is 1.85. The van der Waals surface area contributed by atoms with Crippen LogP contribution in [-0.2, 0) is 49.5 Å². The van der Waals surface area contributed by atoms with Crippen LogP contribution in [0.25, 0.3) is 0 Å². The molecule has 0 aromatic heterocycles. The second-order valence-electron chi connectivity index (χ2n) is 19.9. The molecule has 1 heterocycles. The summed E-state index contributed by atoms with van der Waals surface area (Å²) in [5, 5.41) is 14.2. The Balaban J connectivity index is 0.00000160. The van der Waals surface area contributed by atoms with E-state index >= 15 is 0 Å². The van der Waals surface area contributed by atoms with Crippen LogP contribution >= 0.6 is 15.9 Å². The van der Waals surface area contributed by atoms with E-state index in [2.05, 4.69) is 82.1 Å². The highest BCUT2D eigenvalue weighted by molar-refractivity contribution is 9.09. The highest BCUT2D eigenvalue weighted by Gasteiger charge is 2.34. The maximum atomic E-state index is 13.3. The van der Waals surface area contributed by atoms with Gasteiger partial charge in [-0.15, -0.1) is 0 Å². The molecule has 422 valence electrons. The molecule has 10 unspecified atom stereocenters. The summed E-state index contributed by atoms with van der Waals surface area (Å²) < 4.78 is 11.3. The molecule has 0 saturated carbocycles. The third-order valence-corrected chi connectivity index (χ3v) is 13.9. The first-order valence-corrected chi connectivity index (χ1v) is 27.5. The Labute approximate surface area is 453 Å². The standard InChI is InChI=1S/C34H53BrN6O5.C18H35N3O4.C3H8/c1-8-22(2)11-9-12-23(3)31(46-7)24(4)34(45)41(6)16-15-26-13-10-14-28(17-26)40-30(42)21-38-32(43)25(5)39-33(44)27-19-36-29(18-35)37-20-27;1-9-12(2)17(15(25-8)10-13(3)22)21(7)16(23)11-19-18(24)14(4)20(5)6;1-3-2/h10,13-14,17,19-20,22-25,29,31,36H,8-9,11-12,15-16,18,21H2,1-7H3,(H,38,43)(H,39,44)(H,40,42);12,14-15,17H,9-11H2,1-8H3,(H,19,24);3H2,1-2H3. The van der Waals surface area contributed by atoms with Crippen LogP contribution < -0.4 is 26.6 Å². The fourth-order valence-electron chi connectivity index (χ4n) is 8.00. The van der Waals surface area contributed by atoms with Crippen LogP contribution in [-0.4, -0.2) is 166 Å². The predicted octanol–water partition coefficient (Wildman–Crippen LogP) is 6.37. The van der Waals surface area contributed by atoms with Gasteiger partial charge in [0.1, 0.15) is 18.0 Å². The van der Waals surface area contributed by atoms with Gasteiger partial charge in [-0.3, -0.25) is 43.5 Å². The zero-order valence-corrected chi connectivity index (χ0v) is 49.6. The van der Waals surface area contributed by atoms with E-state index in [-0.39, 0.29) is 91.2 Å². The van der Waals surface area contributed by atoms with E-state index in [1.54, 1.807) is 55.2 Å². The number of methoxy groups -OCH3 is 2. The first-order chi connectivity index (χ1) is 34.9. The number of ether oxygens (including phenoxy) is 2. The van der Waals surface area contributed by atoms with Gasteiger partial charge in [0, 0.05) is 64.7 Å². The molecule has 0 spiro atoms. The van der Waals surface area contributed by atoms with Crippen LogP contribution in [0.2, 0.25) is 0 Å². The minimum absolute atomic E-state index is 0.0223. The van der Waals surface area contributed by atoms with Crippen molar-refractivity contribution in [3.63, 3.8) is 0 Å². The number of carbonyl (C=O) groups is 7. The van der Waals surface area contributed by atoms with Crippen molar-refractivity contribution in [1.29, 1.82) is 0 Å². The molecule has 74 heavy (non-hydrogen) atoms. The molecule has 2 rings (SSSR count). The first-order valence-electron chi connectivity index (χ1n) is 26.4. The zero-order chi connectivity index (χ0) is 56.7. The number of amides is 6. The van der Waals surface area contributed by atoms with Crippen molar-refractivity contribution >= 4 is 69.1 Å². The lowest BCUT2D eigenvalue weighted by atomic mass is 9.87. The number of aliphatic imine (C=N–C) groups is 1. The molecule has 1 aromatic carbocycles. The molecule has 0 fully saturated rings. The molecule has 0 bridgehead atoms. The number of nitrogens with one attached hydrogen (secondary N) is 5. The lowest BCUT2D eigenvalue weighted by Gasteiger charge is -2.37. The molecule has 19 heteroatoms. The van der Waals surface area contributed by atoms with E-state index in [0.717, 1.165) is 24.8 Å². The molecule has 5 N–H and O–H groups in total. The second-order valence-corrected chi connectivity index (χ2v) is 20.6. The minimum Gasteiger partial charge on any atom is -0.380 e. The van der Waals surface area contributed by atoms with Gasteiger partial charge in [-0.05, 0) is 83.2 Å². The van der Waals surface area contributed by atoms with Gasteiger partial charge in [0.25, 0.3) is 5.91 Å². The van der Waals surface area contributed by atoms with Gasteiger partial charge in [-0.2, -0.15) is 0 Å². The Morgan fingerprint density at radius 1 is 0.838 bits per heavy atom. The van der Waals surface area contributed by atoms with Crippen molar-refractivity contribution in [2.45, 2.75) is 164 Å². The molecule has 18 nitrogen and oxygen atoms in total. The van der Waals surface area contributed by atoms with Gasteiger partial charge in [0.2, 0.25) is 29.5 Å². The van der Waals surface area contributed by atoms with Crippen molar-refractivity contribution < 1.29 is 43.0 Å². The van der Waals surface area contributed by atoms with Crippen molar-refractivity contribution in [2.75, 3.05) is 72.7 Å². The molecule has 6 amide bonds. The Kier molecular flexibility index (Phi) is 35.5. The topological polar surface area (TPSA) is 220 Å². The molecule has 10 atom stereocenters. The average Bonchev–Trinajstić information content (AvgIpc) is 3.38. The van der Waals surface area contributed by atoms with Gasteiger partial charge < -0.3 is 45.9 Å². The number of hydrogen-bond donors (Lipinski definition) is 5. The lowest BCUT2D eigenvalue weighted by Crippen LogP contribution is -2.53. The van der Waals surface area contributed by atoms with Crippen LogP contribution in [0, 0.1) is 23.7 Å². The summed E-state index contributed by atoms with van der Waals surface area (Å²) in [5.74, 6) is -0.758. The summed E-state index contributed by atoms with van der Waals surface area (Å²) >= 11 is 3.31. The summed E-state index contributed by atoms with van der Waals surface area (Å²) in [6.07, 6.45) is 9.87. The molecule has 0 saturated heterocycles. The SMILES string of the molecule is CCC.CCC(C)C(C(CC(C)=O)OC)N(C)C(=O)CNC(=O)C(C)N(C)C.CCC(C)CCCC(C)C(OC)C(C)C(=O)N(C)CCc1cccc(NC(=O)CNC(=O)C(C)NC(=O)C2=CNC(CBr)N=C2)c1. The second kappa shape index (κ2) is 37.9. The van der Waals surface area contributed by atoms with E-state index in [9.17, 15) is 33.6 Å². The highest BCUT2D eigenvalue weighted by atomic mass is 79.9. The van der Waals surface area contributed by atoms with Crippen LogP contribution in [0.5, 0.6) is 0 Å². The fourth-order valence-corrected chi connectivity index (χ4v) is 8.36. The first kappa shape index (κ1) is 69.3. The Morgan fingerprint density at radius 3 is 2.00 bits per heavy atom. The number of anilines is 1. The number of rotatable bonds is 30. The number of alkyl halides is 1. The molecule has 1 aliphatic heterocycles. The van der Waals surface area contributed by atoms with Gasteiger partial charge >= 0.3 is 0 Å². The van der Waals surface area contributed by atoms with Crippen molar-refractivity contribution in [3.05, 3.63) is 41.6 Å². The van der Waals surface area contributed by atoms with Crippen molar-refractivity contribution in [3.8, 4) is 0 Å².